The van der Waals surface area contributed by atoms with Crippen LogP contribution in [0.3, 0.4) is 0 Å². The maximum absolute atomic E-state index is 11.0. The molecule has 1 aromatic rings. The highest BCUT2D eigenvalue weighted by molar-refractivity contribution is 5.76. The number of hydrogen-bond donors (Lipinski definition) is 1. The summed E-state index contributed by atoms with van der Waals surface area (Å²) in [6, 6.07) is 8.23. The van der Waals surface area contributed by atoms with Crippen molar-refractivity contribution >= 4 is 12.1 Å². The molecule has 0 unspecified atom stereocenters. The maximum Gasteiger partial charge on any atom is 0.213 e. The normalized spacial score (nSPS) is 17.1. The molecule has 1 saturated heterocycles. The van der Waals surface area contributed by atoms with Crippen LogP contribution in [0.2, 0.25) is 0 Å². The van der Waals surface area contributed by atoms with Crippen LogP contribution in [-0.2, 0) is 10.2 Å². The highest BCUT2D eigenvalue weighted by atomic mass is 16.1. The van der Waals surface area contributed by atoms with E-state index in [-0.39, 0.29) is 5.41 Å². The van der Waals surface area contributed by atoms with Crippen LogP contribution >= 0.6 is 0 Å². The monoisotopic (exact) mass is 262 g/mol. The highest BCUT2D eigenvalue weighted by Crippen LogP contribution is 2.38. The zero-order chi connectivity index (χ0) is 14.3. The smallest absolute Gasteiger partial charge is 0.213 e. The molecule has 3 nitrogen and oxygen atoms in total. The Morgan fingerprint density at radius 1 is 1.21 bits per heavy atom. The Balaban J connectivity index is 0.000000861. The first-order valence-electron chi connectivity index (χ1n) is 7.16. The molecule has 2 rings (SSSR count). The average molecular weight is 262 g/mol. The largest absolute Gasteiger partial charge is 0.318 e. The Bertz CT molecular complexity index is 397. The molecule has 1 N–H and O–H groups in total. The third-order valence-corrected chi connectivity index (χ3v) is 3.80. The summed E-state index contributed by atoms with van der Waals surface area (Å²) < 4.78 is 0. The second kappa shape index (κ2) is 7.29. The molecule has 0 aliphatic carbocycles. The molecular weight excluding hydrogens is 236 g/mol. The van der Waals surface area contributed by atoms with Crippen molar-refractivity contribution in [2.75, 3.05) is 25.0 Å². The first-order valence-corrected chi connectivity index (χ1v) is 7.16. The van der Waals surface area contributed by atoms with E-state index in [4.69, 9.17) is 0 Å². The summed E-state index contributed by atoms with van der Waals surface area (Å²) in [7, 11) is 1.82. The highest BCUT2D eigenvalue weighted by Gasteiger charge is 2.31. The second-order valence-corrected chi connectivity index (χ2v) is 5.04. The van der Waals surface area contributed by atoms with E-state index in [0.717, 1.165) is 38.0 Å². The van der Waals surface area contributed by atoms with Crippen LogP contribution in [-0.4, -0.2) is 26.5 Å². The summed E-state index contributed by atoms with van der Waals surface area (Å²) in [4.78, 5) is 12.6. The minimum Gasteiger partial charge on any atom is -0.318 e. The molecule has 1 amide bonds. The fraction of sp³-hybridized carbons (Fsp3) is 0.562. The van der Waals surface area contributed by atoms with E-state index in [2.05, 4.69) is 24.4 Å². The standard InChI is InChI=1S/C14H20N2O.C2H6/c1-14(7-9-15-10-8-14)12-5-3-4-6-13(12)16(2)11-17;1-2/h3-6,11,15H,7-10H2,1-2H3;1-2H3. The predicted molar refractivity (Wildman–Crippen MR) is 81.7 cm³/mol. The number of para-hydroxylation sites is 1. The summed E-state index contributed by atoms with van der Waals surface area (Å²) in [6.07, 6.45) is 3.12. The topological polar surface area (TPSA) is 32.3 Å². The number of piperidine rings is 1. The van der Waals surface area contributed by atoms with E-state index in [1.54, 1.807) is 4.90 Å². The lowest BCUT2D eigenvalue weighted by Gasteiger charge is -2.36. The van der Waals surface area contributed by atoms with Gasteiger partial charge in [-0.25, -0.2) is 0 Å². The van der Waals surface area contributed by atoms with Gasteiger partial charge in [-0.2, -0.15) is 0 Å². The van der Waals surface area contributed by atoms with Crippen molar-refractivity contribution in [1.29, 1.82) is 0 Å². The van der Waals surface area contributed by atoms with Crippen molar-refractivity contribution in [3.8, 4) is 0 Å². The summed E-state index contributed by atoms with van der Waals surface area (Å²) in [5, 5.41) is 3.39. The number of amides is 1. The molecule has 0 radical (unpaired) electrons. The van der Waals surface area contributed by atoms with Crippen LogP contribution in [0, 0.1) is 0 Å². The SMILES string of the molecule is CC.CN(C=O)c1ccccc1C1(C)CCNCC1. The van der Waals surface area contributed by atoms with Crippen LogP contribution < -0.4 is 10.2 Å². The van der Waals surface area contributed by atoms with Crippen molar-refractivity contribution in [3.05, 3.63) is 29.8 Å². The maximum atomic E-state index is 11.0. The number of carbonyl (C=O) groups is 1. The lowest BCUT2D eigenvalue weighted by molar-refractivity contribution is -0.107. The molecule has 1 aliphatic heterocycles. The average Bonchev–Trinajstić information content (AvgIpc) is 2.49. The van der Waals surface area contributed by atoms with Gasteiger partial charge in [0, 0.05) is 12.7 Å². The zero-order valence-electron chi connectivity index (χ0n) is 12.6. The Labute approximate surface area is 117 Å². The van der Waals surface area contributed by atoms with Crippen molar-refractivity contribution in [2.24, 2.45) is 0 Å². The number of hydrogen-bond acceptors (Lipinski definition) is 2. The van der Waals surface area contributed by atoms with Gasteiger partial charge in [0.2, 0.25) is 6.41 Å². The van der Waals surface area contributed by atoms with Gasteiger partial charge in [-0.3, -0.25) is 4.79 Å². The van der Waals surface area contributed by atoms with Crippen molar-refractivity contribution in [3.63, 3.8) is 0 Å². The predicted octanol–water partition coefficient (Wildman–Crippen LogP) is 2.95. The summed E-state index contributed by atoms with van der Waals surface area (Å²) in [5.41, 5.74) is 2.50. The number of nitrogens with zero attached hydrogens (tertiary/aromatic N) is 1. The number of benzene rings is 1. The van der Waals surface area contributed by atoms with E-state index in [0.29, 0.717) is 0 Å². The zero-order valence-corrected chi connectivity index (χ0v) is 12.6. The molecule has 0 spiro atoms. The van der Waals surface area contributed by atoms with E-state index < -0.39 is 0 Å². The van der Waals surface area contributed by atoms with Gasteiger partial charge in [0.1, 0.15) is 0 Å². The van der Waals surface area contributed by atoms with Gasteiger partial charge < -0.3 is 10.2 Å². The fourth-order valence-corrected chi connectivity index (χ4v) is 2.60. The molecular formula is C16H26N2O. The van der Waals surface area contributed by atoms with Gasteiger partial charge in [-0.15, -0.1) is 0 Å². The van der Waals surface area contributed by atoms with E-state index in [9.17, 15) is 4.79 Å². The molecule has 1 heterocycles. The molecule has 3 heteroatoms. The summed E-state index contributed by atoms with van der Waals surface area (Å²) >= 11 is 0. The number of anilines is 1. The van der Waals surface area contributed by atoms with Gasteiger partial charge in [0.25, 0.3) is 0 Å². The molecule has 106 valence electrons. The van der Waals surface area contributed by atoms with Gasteiger partial charge in [-0.05, 0) is 43.0 Å². The molecule has 1 aromatic carbocycles. The first kappa shape index (κ1) is 15.7. The molecule has 0 saturated carbocycles. The molecule has 1 fully saturated rings. The Morgan fingerprint density at radius 3 is 2.37 bits per heavy atom. The van der Waals surface area contributed by atoms with E-state index >= 15 is 0 Å². The third kappa shape index (κ3) is 3.57. The van der Waals surface area contributed by atoms with Crippen molar-refractivity contribution in [1.82, 2.24) is 5.32 Å². The Kier molecular flexibility index (Phi) is 6.03. The lowest BCUT2D eigenvalue weighted by atomic mass is 9.74. The number of rotatable bonds is 3. The Hall–Kier alpha value is -1.35. The van der Waals surface area contributed by atoms with Crippen LogP contribution in [0.4, 0.5) is 5.69 Å². The van der Waals surface area contributed by atoms with Crippen LogP contribution in [0.15, 0.2) is 24.3 Å². The van der Waals surface area contributed by atoms with Gasteiger partial charge in [0.05, 0.1) is 0 Å². The quantitative estimate of drug-likeness (QED) is 0.849. The van der Waals surface area contributed by atoms with Crippen molar-refractivity contribution in [2.45, 2.75) is 39.0 Å². The molecule has 0 aromatic heterocycles. The second-order valence-electron chi connectivity index (χ2n) is 5.04. The molecule has 19 heavy (non-hydrogen) atoms. The summed E-state index contributed by atoms with van der Waals surface area (Å²) in [6.45, 7) is 8.40. The van der Waals surface area contributed by atoms with Gasteiger partial charge >= 0.3 is 0 Å². The van der Waals surface area contributed by atoms with Crippen LogP contribution in [0.1, 0.15) is 39.2 Å². The fourth-order valence-electron chi connectivity index (χ4n) is 2.60. The summed E-state index contributed by atoms with van der Waals surface area (Å²) in [5.74, 6) is 0. The van der Waals surface area contributed by atoms with Gasteiger partial charge in [-0.1, -0.05) is 39.0 Å². The Morgan fingerprint density at radius 2 is 1.79 bits per heavy atom. The third-order valence-electron chi connectivity index (χ3n) is 3.80. The number of carbonyl (C=O) groups excluding carboxylic acids is 1. The molecule has 0 atom stereocenters. The van der Waals surface area contributed by atoms with Crippen molar-refractivity contribution < 1.29 is 4.79 Å². The van der Waals surface area contributed by atoms with Crippen LogP contribution in [0.5, 0.6) is 0 Å². The minimum absolute atomic E-state index is 0.180. The van der Waals surface area contributed by atoms with E-state index in [1.807, 2.05) is 33.0 Å². The molecule has 1 aliphatic rings. The number of nitrogens with one attached hydrogen (secondary N) is 1. The lowest BCUT2D eigenvalue weighted by Crippen LogP contribution is -2.38. The van der Waals surface area contributed by atoms with Crippen LogP contribution in [0.25, 0.3) is 0 Å². The molecule has 0 bridgehead atoms. The van der Waals surface area contributed by atoms with Gasteiger partial charge in [0.15, 0.2) is 0 Å². The first-order chi connectivity index (χ1) is 9.17. The van der Waals surface area contributed by atoms with E-state index in [1.165, 1.54) is 5.56 Å². The minimum atomic E-state index is 0.180.